The zero-order valence-electron chi connectivity index (χ0n) is 13.7. The quantitative estimate of drug-likeness (QED) is 0.923. The van der Waals surface area contributed by atoms with Crippen LogP contribution in [0.5, 0.6) is 0 Å². The van der Waals surface area contributed by atoms with Gasteiger partial charge in [0.05, 0.1) is 11.7 Å². The number of carbonyl (C=O) groups is 1. The molecule has 0 aliphatic heterocycles. The third-order valence-electron chi connectivity index (χ3n) is 3.90. The van der Waals surface area contributed by atoms with E-state index in [2.05, 4.69) is 4.57 Å². The van der Waals surface area contributed by atoms with Crippen LogP contribution in [0.3, 0.4) is 0 Å². The molecular weight excluding hydrogens is 276 g/mol. The molecule has 2 aromatic rings. The van der Waals surface area contributed by atoms with Crippen LogP contribution in [-0.4, -0.2) is 40.2 Å². The maximum Gasteiger partial charge on any atom is 0.255 e. The Morgan fingerprint density at radius 2 is 1.91 bits per heavy atom. The average molecular weight is 300 g/mol. The molecule has 0 aliphatic carbocycles. The third kappa shape index (κ3) is 3.39. The second-order valence-electron chi connectivity index (χ2n) is 5.82. The molecule has 4 heteroatoms. The highest BCUT2D eigenvalue weighted by atomic mass is 16.3. The molecule has 1 N–H and O–H groups in total. The van der Waals surface area contributed by atoms with E-state index in [0.717, 1.165) is 22.6 Å². The Balaban J connectivity index is 2.28. The monoisotopic (exact) mass is 300 g/mol. The number of benzene rings is 1. The zero-order valence-corrected chi connectivity index (χ0v) is 13.7. The first-order valence-electron chi connectivity index (χ1n) is 7.59. The van der Waals surface area contributed by atoms with Gasteiger partial charge in [0.2, 0.25) is 0 Å². The molecule has 118 valence electrons. The molecule has 1 amide bonds. The minimum atomic E-state index is -0.396. The molecule has 0 spiro atoms. The summed E-state index contributed by atoms with van der Waals surface area (Å²) in [6.07, 6.45) is 0.187. The van der Waals surface area contributed by atoms with Crippen LogP contribution in [0.15, 0.2) is 36.4 Å². The molecule has 0 bridgehead atoms. The van der Waals surface area contributed by atoms with Crippen LogP contribution in [-0.2, 0) is 0 Å². The highest BCUT2D eigenvalue weighted by Crippen LogP contribution is 2.21. The second kappa shape index (κ2) is 6.79. The van der Waals surface area contributed by atoms with Gasteiger partial charge in [0, 0.05) is 30.7 Å². The maximum absolute atomic E-state index is 12.6. The van der Waals surface area contributed by atoms with E-state index in [-0.39, 0.29) is 5.91 Å². The van der Waals surface area contributed by atoms with Gasteiger partial charge in [-0.05, 0) is 45.4 Å². The summed E-state index contributed by atoms with van der Waals surface area (Å²) in [7, 11) is 1.78. The van der Waals surface area contributed by atoms with Crippen LogP contribution in [0.2, 0.25) is 0 Å². The Hall–Kier alpha value is -2.07. The minimum Gasteiger partial charge on any atom is -0.393 e. The van der Waals surface area contributed by atoms with E-state index in [1.54, 1.807) is 18.9 Å². The van der Waals surface area contributed by atoms with E-state index in [0.29, 0.717) is 13.0 Å². The second-order valence-corrected chi connectivity index (χ2v) is 5.82. The first kappa shape index (κ1) is 16.3. The van der Waals surface area contributed by atoms with E-state index in [4.69, 9.17) is 0 Å². The fourth-order valence-electron chi connectivity index (χ4n) is 2.64. The van der Waals surface area contributed by atoms with E-state index < -0.39 is 6.10 Å². The smallest absolute Gasteiger partial charge is 0.255 e. The molecule has 1 heterocycles. The van der Waals surface area contributed by atoms with Crippen LogP contribution in [0.4, 0.5) is 0 Å². The lowest BCUT2D eigenvalue weighted by Gasteiger charge is -2.18. The van der Waals surface area contributed by atoms with Gasteiger partial charge in [0.1, 0.15) is 0 Å². The van der Waals surface area contributed by atoms with Crippen molar-refractivity contribution in [3.8, 4) is 5.69 Å². The van der Waals surface area contributed by atoms with E-state index in [1.807, 2.05) is 50.2 Å². The zero-order chi connectivity index (χ0) is 16.3. The van der Waals surface area contributed by atoms with E-state index in [1.165, 1.54) is 0 Å². The summed E-state index contributed by atoms with van der Waals surface area (Å²) in [6, 6.07) is 12.0. The normalized spacial score (nSPS) is 12.2. The fraction of sp³-hybridized carbons (Fsp3) is 0.389. The number of nitrogens with zero attached hydrogens (tertiary/aromatic N) is 2. The fourth-order valence-corrected chi connectivity index (χ4v) is 2.64. The molecule has 1 atom stereocenters. The minimum absolute atomic E-state index is 0.00377. The van der Waals surface area contributed by atoms with Crippen LogP contribution >= 0.6 is 0 Å². The Labute approximate surface area is 132 Å². The molecule has 4 nitrogen and oxygen atoms in total. The summed E-state index contributed by atoms with van der Waals surface area (Å²) >= 11 is 0. The molecule has 1 aromatic heterocycles. The lowest BCUT2D eigenvalue weighted by atomic mass is 10.2. The van der Waals surface area contributed by atoms with Gasteiger partial charge in [0.25, 0.3) is 5.91 Å². The van der Waals surface area contributed by atoms with E-state index >= 15 is 0 Å². The van der Waals surface area contributed by atoms with Crippen LogP contribution in [0.25, 0.3) is 5.69 Å². The molecule has 0 fully saturated rings. The lowest BCUT2D eigenvalue weighted by Crippen LogP contribution is -2.29. The number of aryl methyl sites for hydroxylation is 1. The summed E-state index contributed by atoms with van der Waals surface area (Å²) in [5.74, 6) is -0.00377. The van der Waals surface area contributed by atoms with Gasteiger partial charge in [-0.25, -0.2) is 0 Å². The molecule has 1 aromatic carbocycles. The molecule has 1 unspecified atom stereocenters. The van der Waals surface area contributed by atoms with Crippen molar-refractivity contribution < 1.29 is 9.90 Å². The Bertz CT molecular complexity index is 645. The van der Waals surface area contributed by atoms with Gasteiger partial charge in [-0.1, -0.05) is 18.2 Å². The topological polar surface area (TPSA) is 45.5 Å². The van der Waals surface area contributed by atoms with Gasteiger partial charge in [-0.3, -0.25) is 4.79 Å². The number of rotatable bonds is 5. The van der Waals surface area contributed by atoms with Crippen LogP contribution in [0, 0.1) is 13.8 Å². The van der Waals surface area contributed by atoms with Crippen molar-refractivity contribution in [1.29, 1.82) is 0 Å². The van der Waals surface area contributed by atoms with Crippen molar-refractivity contribution >= 4 is 5.91 Å². The molecule has 0 aliphatic rings. The summed E-state index contributed by atoms with van der Waals surface area (Å²) in [4.78, 5) is 14.3. The predicted octanol–water partition coefficient (Wildman–Crippen LogP) is 2.94. The van der Waals surface area contributed by atoms with Gasteiger partial charge in [-0.15, -0.1) is 0 Å². The number of hydrogen-bond acceptors (Lipinski definition) is 2. The van der Waals surface area contributed by atoms with Crippen molar-refractivity contribution in [3.05, 3.63) is 53.3 Å². The molecule has 0 radical (unpaired) electrons. The largest absolute Gasteiger partial charge is 0.393 e. The first-order valence-corrected chi connectivity index (χ1v) is 7.59. The summed E-state index contributed by atoms with van der Waals surface area (Å²) in [5.41, 5.74) is 3.76. The van der Waals surface area contributed by atoms with Gasteiger partial charge in [-0.2, -0.15) is 0 Å². The van der Waals surface area contributed by atoms with E-state index in [9.17, 15) is 9.90 Å². The number of aromatic nitrogens is 1. The standard InChI is InChI=1S/C18H24N2O2/c1-13-12-17(18(22)19(4)11-10-14(2)21)15(3)20(13)16-8-6-5-7-9-16/h5-9,12,14,21H,10-11H2,1-4H3. The van der Waals surface area contributed by atoms with Gasteiger partial charge >= 0.3 is 0 Å². The Morgan fingerprint density at radius 3 is 2.50 bits per heavy atom. The van der Waals surface area contributed by atoms with Crippen molar-refractivity contribution in [1.82, 2.24) is 9.47 Å². The van der Waals surface area contributed by atoms with Gasteiger partial charge in [0.15, 0.2) is 0 Å². The number of para-hydroxylation sites is 1. The first-order chi connectivity index (χ1) is 10.4. The van der Waals surface area contributed by atoms with Crippen LogP contribution in [0.1, 0.15) is 35.1 Å². The third-order valence-corrected chi connectivity index (χ3v) is 3.90. The van der Waals surface area contributed by atoms with Crippen molar-refractivity contribution in [3.63, 3.8) is 0 Å². The molecular formula is C18H24N2O2. The van der Waals surface area contributed by atoms with Crippen molar-refractivity contribution in [2.45, 2.75) is 33.3 Å². The summed E-state index contributed by atoms with van der Waals surface area (Å²) in [5, 5.41) is 9.36. The Morgan fingerprint density at radius 1 is 1.27 bits per heavy atom. The van der Waals surface area contributed by atoms with Crippen LogP contribution < -0.4 is 0 Å². The summed E-state index contributed by atoms with van der Waals surface area (Å²) in [6.45, 7) is 6.26. The number of aliphatic hydroxyl groups is 1. The van der Waals surface area contributed by atoms with Crippen molar-refractivity contribution in [2.24, 2.45) is 0 Å². The summed E-state index contributed by atoms with van der Waals surface area (Å²) < 4.78 is 2.09. The SMILES string of the molecule is Cc1cc(C(=O)N(C)CCC(C)O)c(C)n1-c1ccccc1. The highest BCUT2D eigenvalue weighted by Gasteiger charge is 2.19. The average Bonchev–Trinajstić information content (AvgIpc) is 2.79. The van der Waals surface area contributed by atoms with Gasteiger partial charge < -0.3 is 14.6 Å². The maximum atomic E-state index is 12.6. The number of carbonyl (C=O) groups excluding carboxylic acids is 1. The molecule has 22 heavy (non-hydrogen) atoms. The molecule has 2 rings (SSSR count). The predicted molar refractivity (Wildman–Crippen MR) is 88.5 cm³/mol. The van der Waals surface area contributed by atoms with Crippen molar-refractivity contribution in [2.75, 3.05) is 13.6 Å². The molecule has 0 saturated carbocycles. The lowest BCUT2D eigenvalue weighted by molar-refractivity contribution is 0.0768. The molecule has 0 saturated heterocycles. The highest BCUT2D eigenvalue weighted by molar-refractivity contribution is 5.95. The number of aliphatic hydroxyl groups excluding tert-OH is 1. The number of amides is 1. The Kier molecular flexibility index (Phi) is 5.03. The number of hydrogen-bond donors (Lipinski definition) is 1.